The Hall–Kier alpha value is -3.65. The van der Waals surface area contributed by atoms with E-state index in [1.165, 1.54) is 11.3 Å². The molecule has 0 fully saturated rings. The molecule has 0 unspecified atom stereocenters. The van der Waals surface area contributed by atoms with Gasteiger partial charge in [0.15, 0.2) is 5.13 Å². The topological polar surface area (TPSA) is 85.6 Å². The Labute approximate surface area is 165 Å². The second-order valence-electron chi connectivity index (χ2n) is 5.89. The van der Waals surface area contributed by atoms with E-state index in [9.17, 15) is 4.79 Å². The van der Waals surface area contributed by atoms with Gasteiger partial charge in [0.2, 0.25) is 0 Å². The molecule has 1 N–H and O–H groups in total. The van der Waals surface area contributed by atoms with Crippen molar-refractivity contribution in [3.8, 4) is 0 Å². The molecule has 138 valence electrons. The van der Waals surface area contributed by atoms with E-state index >= 15 is 0 Å². The molecule has 0 saturated heterocycles. The van der Waals surface area contributed by atoms with Crippen LogP contribution in [0.3, 0.4) is 0 Å². The van der Waals surface area contributed by atoms with Crippen molar-refractivity contribution >= 4 is 34.5 Å². The number of carbonyl (C=O) groups is 1. The maximum absolute atomic E-state index is 12.7. The number of nitrogens with one attached hydrogen (secondary N) is 1. The molecule has 0 radical (unpaired) electrons. The van der Waals surface area contributed by atoms with Gasteiger partial charge in [-0.05, 0) is 54.1 Å². The molecule has 0 aliphatic heterocycles. The maximum Gasteiger partial charge on any atom is 0.274 e. The summed E-state index contributed by atoms with van der Waals surface area (Å²) < 4.78 is 1.90. The minimum atomic E-state index is -0.196. The van der Waals surface area contributed by atoms with Crippen LogP contribution in [0.5, 0.6) is 0 Å². The standard InChI is InChI=1S/C20H16N6OS/c27-19(18-4-2-12-26(18)13-15-7-10-21-11-8-15)24-20-23-17(14-28-20)6-5-16-3-1-9-22-25-16/h1-12,14H,13H2,(H,23,24,27)/b6-5-. The van der Waals surface area contributed by atoms with Gasteiger partial charge in [0, 0.05) is 36.7 Å². The first kappa shape index (κ1) is 17.7. The molecule has 0 atom stereocenters. The van der Waals surface area contributed by atoms with Gasteiger partial charge in [-0.15, -0.1) is 11.3 Å². The second kappa shape index (κ2) is 8.36. The average Bonchev–Trinajstić information content (AvgIpc) is 3.37. The minimum absolute atomic E-state index is 0.196. The van der Waals surface area contributed by atoms with E-state index in [1.807, 2.05) is 58.6 Å². The molecule has 4 rings (SSSR count). The number of hydrogen-bond acceptors (Lipinski definition) is 6. The predicted octanol–water partition coefficient (Wildman–Crippen LogP) is 3.60. The van der Waals surface area contributed by atoms with Crippen LogP contribution in [0.1, 0.15) is 27.4 Å². The van der Waals surface area contributed by atoms with Gasteiger partial charge in [0.05, 0.1) is 11.4 Å². The number of hydrogen-bond donors (Lipinski definition) is 1. The van der Waals surface area contributed by atoms with Gasteiger partial charge >= 0.3 is 0 Å². The number of pyridine rings is 1. The molecule has 4 heterocycles. The Kier molecular flexibility index (Phi) is 5.30. The first-order valence-electron chi connectivity index (χ1n) is 8.55. The molecule has 28 heavy (non-hydrogen) atoms. The van der Waals surface area contributed by atoms with Crippen molar-refractivity contribution in [2.45, 2.75) is 6.54 Å². The third-order valence-corrected chi connectivity index (χ3v) is 4.70. The van der Waals surface area contributed by atoms with Gasteiger partial charge in [-0.25, -0.2) is 4.98 Å². The van der Waals surface area contributed by atoms with Crippen LogP contribution in [-0.2, 0) is 6.54 Å². The highest BCUT2D eigenvalue weighted by Crippen LogP contribution is 2.18. The summed E-state index contributed by atoms with van der Waals surface area (Å²) >= 11 is 1.37. The van der Waals surface area contributed by atoms with E-state index in [0.717, 1.165) is 17.0 Å². The first-order valence-corrected chi connectivity index (χ1v) is 9.42. The molecule has 0 saturated carbocycles. The summed E-state index contributed by atoms with van der Waals surface area (Å²) in [6.45, 7) is 0.599. The third-order valence-electron chi connectivity index (χ3n) is 3.92. The van der Waals surface area contributed by atoms with Crippen LogP contribution >= 0.6 is 11.3 Å². The van der Waals surface area contributed by atoms with Crippen molar-refractivity contribution < 1.29 is 4.79 Å². The normalized spacial score (nSPS) is 11.0. The average molecular weight is 388 g/mol. The Balaban J connectivity index is 1.43. The Bertz CT molecular complexity index is 1090. The van der Waals surface area contributed by atoms with Crippen molar-refractivity contribution in [1.82, 2.24) is 24.7 Å². The van der Waals surface area contributed by atoms with E-state index in [0.29, 0.717) is 17.4 Å². The zero-order valence-corrected chi connectivity index (χ0v) is 15.6. The molecule has 7 nitrogen and oxygen atoms in total. The molecule has 0 aliphatic rings. The van der Waals surface area contributed by atoms with Crippen LogP contribution in [0.4, 0.5) is 5.13 Å². The molecule has 0 spiro atoms. The SMILES string of the molecule is O=C(Nc1nc(/C=C\c2cccnn2)cs1)c1cccn1Cc1ccncc1. The van der Waals surface area contributed by atoms with Crippen molar-refractivity contribution in [3.63, 3.8) is 0 Å². The lowest BCUT2D eigenvalue weighted by Gasteiger charge is -2.08. The third kappa shape index (κ3) is 4.36. The van der Waals surface area contributed by atoms with Gasteiger partial charge in [-0.1, -0.05) is 0 Å². The van der Waals surface area contributed by atoms with Gasteiger partial charge in [0.25, 0.3) is 5.91 Å². The fraction of sp³-hybridized carbons (Fsp3) is 0.0500. The summed E-state index contributed by atoms with van der Waals surface area (Å²) in [5, 5.41) is 13.1. The van der Waals surface area contributed by atoms with E-state index in [1.54, 1.807) is 24.7 Å². The first-order chi connectivity index (χ1) is 13.8. The lowest BCUT2D eigenvalue weighted by Crippen LogP contribution is -2.17. The zero-order valence-electron chi connectivity index (χ0n) is 14.8. The van der Waals surface area contributed by atoms with Crippen molar-refractivity contribution in [1.29, 1.82) is 0 Å². The van der Waals surface area contributed by atoms with Crippen LogP contribution < -0.4 is 5.32 Å². The van der Waals surface area contributed by atoms with Crippen LogP contribution in [0.2, 0.25) is 0 Å². The Morgan fingerprint density at radius 2 is 1.93 bits per heavy atom. The van der Waals surface area contributed by atoms with Crippen LogP contribution in [0.25, 0.3) is 12.2 Å². The number of aromatic nitrogens is 5. The quantitative estimate of drug-likeness (QED) is 0.545. The summed E-state index contributed by atoms with van der Waals surface area (Å²) in [6.07, 6.45) is 10.6. The highest BCUT2D eigenvalue weighted by molar-refractivity contribution is 7.14. The number of thiazole rings is 1. The summed E-state index contributed by atoms with van der Waals surface area (Å²) in [5.41, 5.74) is 3.14. The van der Waals surface area contributed by atoms with Gasteiger partial charge in [0.1, 0.15) is 5.69 Å². The van der Waals surface area contributed by atoms with E-state index < -0.39 is 0 Å². The predicted molar refractivity (Wildman–Crippen MR) is 109 cm³/mol. The van der Waals surface area contributed by atoms with Crippen molar-refractivity contribution in [2.24, 2.45) is 0 Å². The fourth-order valence-corrected chi connectivity index (χ4v) is 3.27. The molecule has 4 aromatic rings. The van der Waals surface area contributed by atoms with Gasteiger partial charge in [-0.2, -0.15) is 10.2 Å². The van der Waals surface area contributed by atoms with Gasteiger partial charge in [-0.3, -0.25) is 15.1 Å². The molecule has 0 aliphatic carbocycles. The number of carbonyl (C=O) groups excluding carboxylic acids is 1. The highest BCUT2D eigenvalue weighted by Gasteiger charge is 2.13. The number of amides is 1. The van der Waals surface area contributed by atoms with E-state index in [4.69, 9.17) is 0 Å². The summed E-state index contributed by atoms with van der Waals surface area (Å²) in [4.78, 5) is 21.1. The van der Waals surface area contributed by atoms with Crippen LogP contribution in [0.15, 0.2) is 66.6 Å². The summed E-state index contributed by atoms with van der Waals surface area (Å²) in [5.74, 6) is -0.196. The van der Waals surface area contributed by atoms with Crippen molar-refractivity contribution in [2.75, 3.05) is 5.32 Å². The van der Waals surface area contributed by atoms with E-state index in [2.05, 4.69) is 25.5 Å². The molecule has 1 amide bonds. The summed E-state index contributed by atoms with van der Waals surface area (Å²) in [7, 11) is 0. The smallest absolute Gasteiger partial charge is 0.274 e. The lowest BCUT2D eigenvalue weighted by molar-refractivity contribution is 0.101. The highest BCUT2D eigenvalue weighted by atomic mass is 32.1. The van der Waals surface area contributed by atoms with E-state index in [-0.39, 0.29) is 5.91 Å². The number of anilines is 1. The Morgan fingerprint density at radius 3 is 2.75 bits per heavy atom. The molecular formula is C20H16N6OS. The molecular weight excluding hydrogens is 372 g/mol. The second-order valence-corrected chi connectivity index (χ2v) is 6.75. The monoisotopic (exact) mass is 388 g/mol. The molecule has 4 aromatic heterocycles. The molecule has 0 bridgehead atoms. The Morgan fingerprint density at radius 1 is 1.07 bits per heavy atom. The fourth-order valence-electron chi connectivity index (χ4n) is 2.60. The van der Waals surface area contributed by atoms with Gasteiger partial charge < -0.3 is 4.57 Å². The van der Waals surface area contributed by atoms with Crippen molar-refractivity contribution in [3.05, 3.63) is 89.2 Å². The zero-order chi connectivity index (χ0) is 19.2. The molecule has 0 aromatic carbocycles. The number of rotatable bonds is 6. The van der Waals surface area contributed by atoms with Crippen LogP contribution in [0, 0.1) is 0 Å². The van der Waals surface area contributed by atoms with Crippen LogP contribution in [-0.4, -0.2) is 30.6 Å². The maximum atomic E-state index is 12.7. The summed E-state index contributed by atoms with van der Waals surface area (Å²) in [6, 6.07) is 11.2. The number of nitrogens with zero attached hydrogens (tertiary/aromatic N) is 5. The minimum Gasteiger partial charge on any atom is -0.339 e. The molecule has 8 heteroatoms. The lowest BCUT2D eigenvalue weighted by atomic mass is 10.2. The largest absolute Gasteiger partial charge is 0.339 e.